The maximum atomic E-state index is 10.5. The normalized spacial score (nSPS) is 12.6. The fourth-order valence-corrected chi connectivity index (χ4v) is 1.94. The van der Waals surface area contributed by atoms with Gasteiger partial charge in [0.2, 0.25) is 0 Å². The van der Waals surface area contributed by atoms with Gasteiger partial charge in [-0.15, -0.1) is 0 Å². The van der Waals surface area contributed by atoms with Crippen LogP contribution in [0, 0.1) is 0 Å². The second kappa shape index (κ2) is 10.4. The molecule has 0 saturated heterocycles. The Kier molecular flexibility index (Phi) is 10.2. The molecule has 0 radical (unpaired) electrons. The van der Waals surface area contributed by atoms with Gasteiger partial charge in [0.1, 0.15) is 6.35 Å². The number of hydrogen-bond acceptors (Lipinski definition) is 2. The summed E-state index contributed by atoms with van der Waals surface area (Å²) in [5, 5.41) is 0. The summed E-state index contributed by atoms with van der Waals surface area (Å²) in [5.41, 5.74) is 2.75. The van der Waals surface area contributed by atoms with E-state index in [-0.39, 0.29) is 0 Å². The van der Waals surface area contributed by atoms with Gasteiger partial charge >= 0.3 is 7.60 Å². The van der Waals surface area contributed by atoms with E-state index in [0.29, 0.717) is 6.61 Å². The molecule has 0 unspecified atom stereocenters. The van der Waals surface area contributed by atoms with Gasteiger partial charge in [0, 0.05) is 6.61 Å². The van der Waals surface area contributed by atoms with E-state index >= 15 is 0 Å². The molecule has 0 aromatic carbocycles. The molecule has 0 aliphatic heterocycles. The Morgan fingerprint density at radius 2 is 1.79 bits per heavy atom. The quantitative estimate of drug-likeness (QED) is 0.362. The molecule has 0 rings (SSSR count). The third-order valence-corrected chi connectivity index (χ3v) is 3.11. The molecule has 4 nitrogen and oxygen atoms in total. The van der Waals surface area contributed by atoms with Gasteiger partial charge < -0.3 is 14.5 Å². The SMILES string of the molecule is CC(C)=CCCC(C)=CCCCCOCP(=O)(O)O. The Balaban J connectivity index is 3.51. The molecular weight excluding hydrogens is 263 g/mol. The van der Waals surface area contributed by atoms with Crippen LogP contribution in [-0.4, -0.2) is 22.7 Å². The van der Waals surface area contributed by atoms with Crippen molar-refractivity contribution in [3.05, 3.63) is 23.3 Å². The molecule has 0 spiro atoms. The lowest BCUT2D eigenvalue weighted by Gasteiger charge is -2.05. The third kappa shape index (κ3) is 15.5. The van der Waals surface area contributed by atoms with Crippen molar-refractivity contribution in [2.45, 2.75) is 52.9 Å². The maximum Gasteiger partial charge on any atom is 0.350 e. The van der Waals surface area contributed by atoms with Gasteiger partial charge in [-0.3, -0.25) is 4.57 Å². The van der Waals surface area contributed by atoms with Crippen molar-refractivity contribution in [1.82, 2.24) is 0 Å². The van der Waals surface area contributed by atoms with Crippen molar-refractivity contribution in [2.24, 2.45) is 0 Å². The average Bonchev–Trinajstić information content (AvgIpc) is 2.25. The highest BCUT2D eigenvalue weighted by atomic mass is 31.2. The second-order valence-corrected chi connectivity index (χ2v) is 6.66. The largest absolute Gasteiger partial charge is 0.369 e. The molecule has 0 aromatic rings. The van der Waals surface area contributed by atoms with E-state index in [1.165, 1.54) is 11.1 Å². The Morgan fingerprint density at radius 1 is 1.11 bits per heavy atom. The molecule has 0 bridgehead atoms. The zero-order valence-corrected chi connectivity index (χ0v) is 13.2. The molecule has 0 aliphatic rings. The summed E-state index contributed by atoms with van der Waals surface area (Å²) in [6.07, 6.45) is 9.02. The molecule has 0 fully saturated rings. The van der Waals surface area contributed by atoms with Gasteiger partial charge in [0.05, 0.1) is 0 Å². The van der Waals surface area contributed by atoms with Gasteiger partial charge in [-0.2, -0.15) is 0 Å². The lowest BCUT2D eigenvalue weighted by molar-refractivity contribution is 0.153. The molecule has 0 saturated carbocycles. The summed E-state index contributed by atoms with van der Waals surface area (Å²) in [4.78, 5) is 17.2. The zero-order valence-electron chi connectivity index (χ0n) is 12.3. The fraction of sp³-hybridized carbons (Fsp3) is 0.714. The fourth-order valence-electron chi connectivity index (χ4n) is 1.57. The molecule has 5 heteroatoms. The first kappa shape index (κ1) is 18.6. The van der Waals surface area contributed by atoms with E-state index in [4.69, 9.17) is 14.5 Å². The summed E-state index contributed by atoms with van der Waals surface area (Å²) in [6.45, 7) is 6.77. The van der Waals surface area contributed by atoms with E-state index in [0.717, 1.165) is 32.1 Å². The molecule has 112 valence electrons. The van der Waals surface area contributed by atoms with Gasteiger partial charge in [0.25, 0.3) is 0 Å². The van der Waals surface area contributed by atoms with Gasteiger partial charge in [0.15, 0.2) is 0 Å². The van der Waals surface area contributed by atoms with E-state index in [1.807, 2.05) is 0 Å². The highest BCUT2D eigenvalue weighted by Crippen LogP contribution is 2.33. The van der Waals surface area contributed by atoms with Crippen molar-refractivity contribution in [1.29, 1.82) is 0 Å². The molecule has 19 heavy (non-hydrogen) atoms. The van der Waals surface area contributed by atoms with E-state index < -0.39 is 13.9 Å². The first-order valence-electron chi connectivity index (χ1n) is 6.72. The minimum atomic E-state index is -4.00. The van der Waals surface area contributed by atoms with E-state index in [9.17, 15) is 4.57 Å². The van der Waals surface area contributed by atoms with Gasteiger partial charge in [-0.05, 0) is 52.9 Å². The van der Waals surface area contributed by atoms with E-state index in [1.54, 1.807) is 0 Å². The summed E-state index contributed by atoms with van der Waals surface area (Å²) < 4.78 is 15.4. The number of rotatable bonds is 10. The first-order chi connectivity index (χ1) is 8.81. The molecule has 0 atom stereocenters. The number of unbranched alkanes of at least 4 members (excludes halogenated alkanes) is 2. The summed E-state index contributed by atoms with van der Waals surface area (Å²) in [7, 11) is -4.00. The third-order valence-electron chi connectivity index (χ3n) is 2.59. The van der Waals surface area contributed by atoms with Crippen molar-refractivity contribution in [3.63, 3.8) is 0 Å². The summed E-state index contributed by atoms with van der Waals surface area (Å²) in [5.74, 6) is 0. The van der Waals surface area contributed by atoms with Crippen LogP contribution in [0.15, 0.2) is 23.3 Å². The molecule has 0 aromatic heterocycles. The average molecular weight is 290 g/mol. The molecular formula is C14H27O4P. The monoisotopic (exact) mass is 290 g/mol. The van der Waals surface area contributed by atoms with Crippen LogP contribution >= 0.6 is 7.60 Å². The van der Waals surface area contributed by atoms with Crippen LogP contribution < -0.4 is 0 Å². The van der Waals surface area contributed by atoms with Crippen molar-refractivity contribution in [2.75, 3.05) is 13.0 Å². The Labute approximate surface area is 116 Å². The summed E-state index contributed by atoms with van der Waals surface area (Å²) in [6, 6.07) is 0. The number of allylic oxidation sites excluding steroid dienone is 4. The minimum absolute atomic E-state index is 0.412. The topological polar surface area (TPSA) is 66.8 Å². The van der Waals surface area contributed by atoms with Gasteiger partial charge in [-0.25, -0.2) is 0 Å². The van der Waals surface area contributed by atoms with Crippen LogP contribution in [0.3, 0.4) is 0 Å². The van der Waals surface area contributed by atoms with Crippen LogP contribution in [0.1, 0.15) is 52.9 Å². The molecule has 0 amide bonds. The van der Waals surface area contributed by atoms with Crippen LogP contribution in [-0.2, 0) is 9.30 Å². The van der Waals surface area contributed by atoms with Crippen LogP contribution in [0.4, 0.5) is 0 Å². The first-order valence-corrected chi connectivity index (χ1v) is 8.52. The predicted octanol–water partition coefficient (Wildman–Crippen LogP) is 4.00. The van der Waals surface area contributed by atoms with Crippen molar-refractivity contribution < 1.29 is 19.1 Å². The summed E-state index contributed by atoms with van der Waals surface area (Å²) >= 11 is 0. The molecule has 2 N–H and O–H groups in total. The lowest BCUT2D eigenvalue weighted by atomic mass is 10.1. The number of ether oxygens (including phenoxy) is 1. The second-order valence-electron chi connectivity index (χ2n) is 5.07. The highest BCUT2D eigenvalue weighted by Gasteiger charge is 2.11. The Hall–Kier alpha value is -0.410. The predicted molar refractivity (Wildman–Crippen MR) is 79.1 cm³/mol. The molecule has 0 aliphatic carbocycles. The molecule has 0 heterocycles. The number of hydrogen-bond donors (Lipinski definition) is 2. The Bertz CT molecular complexity index is 337. The van der Waals surface area contributed by atoms with Crippen molar-refractivity contribution in [3.8, 4) is 0 Å². The maximum absolute atomic E-state index is 10.5. The smallest absolute Gasteiger partial charge is 0.350 e. The lowest BCUT2D eigenvalue weighted by Crippen LogP contribution is -1.97. The minimum Gasteiger partial charge on any atom is -0.369 e. The van der Waals surface area contributed by atoms with E-state index in [2.05, 4.69) is 32.9 Å². The Morgan fingerprint density at radius 3 is 2.37 bits per heavy atom. The standard InChI is InChI=1S/C14H27O4P/c1-13(2)8-7-10-14(3)9-5-4-6-11-18-12-19(15,16)17/h8-9H,4-7,10-12H2,1-3H3,(H2,15,16,17). The van der Waals surface area contributed by atoms with Gasteiger partial charge in [-0.1, -0.05) is 23.3 Å². The highest BCUT2D eigenvalue weighted by molar-refractivity contribution is 7.51. The van der Waals surface area contributed by atoms with Crippen LogP contribution in [0.2, 0.25) is 0 Å². The van der Waals surface area contributed by atoms with Crippen LogP contribution in [0.25, 0.3) is 0 Å². The van der Waals surface area contributed by atoms with Crippen LogP contribution in [0.5, 0.6) is 0 Å². The zero-order chi connectivity index (χ0) is 14.7. The van der Waals surface area contributed by atoms with Crippen molar-refractivity contribution >= 4 is 7.60 Å².